The first-order valence-electron chi connectivity index (χ1n) is 8.07. The van der Waals surface area contributed by atoms with Gasteiger partial charge >= 0.3 is 12.1 Å². The summed E-state index contributed by atoms with van der Waals surface area (Å²) in [6.45, 7) is 1.63. The largest absolute Gasteiger partial charge is 0.467 e. The third-order valence-electron chi connectivity index (χ3n) is 4.24. The van der Waals surface area contributed by atoms with E-state index >= 15 is 0 Å². The average Bonchev–Trinajstić information content (AvgIpc) is 3.05. The van der Waals surface area contributed by atoms with E-state index in [0.717, 1.165) is 17.4 Å². The second-order valence-electron chi connectivity index (χ2n) is 6.00. The van der Waals surface area contributed by atoms with E-state index < -0.39 is 18.0 Å². The Morgan fingerprint density at radius 2 is 2.00 bits per heavy atom. The first-order valence-corrected chi connectivity index (χ1v) is 8.07. The fraction of sp³-hybridized carbons (Fsp3) is 0.600. The number of carbonyl (C=O) groups excluding carboxylic acids is 1. The molecule has 142 valence electrons. The molecule has 1 saturated heterocycles. The maximum Gasteiger partial charge on any atom is 0.453 e. The van der Waals surface area contributed by atoms with Gasteiger partial charge in [0.1, 0.15) is 12.4 Å². The van der Waals surface area contributed by atoms with E-state index in [1.807, 2.05) is 4.90 Å². The van der Waals surface area contributed by atoms with Crippen LogP contribution >= 0.6 is 0 Å². The van der Waals surface area contributed by atoms with E-state index in [4.69, 9.17) is 4.74 Å². The zero-order chi connectivity index (χ0) is 18.7. The smallest absolute Gasteiger partial charge is 0.453 e. The van der Waals surface area contributed by atoms with Crippen LogP contribution in [0.15, 0.2) is 12.1 Å². The molecule has 0 N–H and O–H groups in total. The molecule has 3 heterocycles. The van der Waals surface area contributed by atoms with Gasteiger partial charge in [0.05, 0.1) is 13.7 Å². The van der Waals surface area contributed by atoms with E-state index in [9.17, 15) is 18.0 Å². The van der Waals surface area contributed by atoms with Crippen LogP contribution in [-0.2, 0) is 20.4 Å². The number of carbonyl (C=O) groups is 1. The van der Waals surface area contributed by atoms with Crippen molar-refractivity contribution in [3.05, 3.63) is 18.0 Å². The predicted octanol–water partition coefficient (Wildman–Crippen LogP) is 1.55. The van der Waals surface area contributed by atoms with Crippen LogP contribution in [0.4, 0.5) is 19.0 Å². The molecule has 0 spiro atoms. The lowest BCUT2D eigenvalue weighted by Crippen LogP contribution is -2.36. The van der Waals surface area contributed by atoms with Gasteiger partial charge in [0.25, 0.3) is 5.82 Å². The van der Waals surface area contributed by atoms with Gasteiger partial charge in [0, 0.05) is 13.1 Å². The van der Waals surface area contributed by atoms with Crippen LogP contribution in [-0.4, -0.2) is 59.2 Å². The summed E-state index contributed by atoms with van der Waals surface area (Å²) in [5.74, 6) is -0.841. The summed E-state index contributed by atoms with van der Waals surface area (Å²) in [4.78, 5) is 12.9. The lowest BCUT2D eigenvalue weighted by molar-refractivity contribution is -0.147. The highest BCUT2D eigenvalue weighted by Crippen LogP contribution is 2.28. The van der Waals surface area contributed by atoms with Crippen molar-refractivity contribution in [2.75, 3.05) is 38.3 Å². The molecule has 0 saturated carbocycles. The zero-order valence-corrected chi connectivity index (χ0v) is 14.1. The summed E-state index contributed by atoms with van der Waals surface area (Å²) in [5, 5.41) is 10.7. The van der Waals surface area contributed by atoms with E-state index in [0.29, 0.717) is 25.5 Å². The lowest BCUT2D eigenvalue weighted by Gasteiger charge is -2.32. The molecule has 11 heteroatoms. The number of ether oxygens (including phenoxy) is 2. The number of methoxy groups -OCH3 is 1. The summed E-state index contributed by atoms with van der Waals surface area (Å²) >= 11 is 0. The number of hydrogen-bond acceptors (Lipinski definition) is 7. The van der Waals surface area contributed by atoms with E-state index in [1.54, 1.807) is 6.07 Å². The summed E-state index contributed by atoms with van der Waals surface area (Å²) in [5.41, 5.74) is 0.0483. The Hall–Kier alpha value is -2.43. The van der Waals surface area contributed by atoms with Crippen LogP contribution < -0.4 is 4.90 Å². The van der Waals surface area contributed by atoms with Crippen LogP contribution in [0.25, 0.3) is 5.65 Å². The quantitative estimate of drug-likeness (QED) is 0.736. The number of fused-ring (bicyclic) bond motifs is 1. The number of anilines is 1. The highest BCUT2D eigenvalue weighted by atomic mass is 19.4. The SMILES string of the molecule is COC(=O)COCC1CCN(c2ccc3nnc(C(F)(F)F)n3n2)CC1. The first kappa shape index (κ1) is 18.4. The molecular weight excluding hydrogens is 355 g/mol. The maximum absolute atomic E-state index is 13.0. The number of halogens is 3. The summed E-state index contributed by atoms with van der Waals surface area (Å²) in [6.07, 6.45) is -3.04. The Balaban J connectivity index is 1.62. The molecule has 3 rings (SSSR count). The number of piperidine rings is 1. The van der Waals surface area contributed by atoms with Gasteiger partial charge in [0.2, 0.25) is 0 Å². The van der Waals surface area contributed by atoms with Crippen molar-refractivity contribution in [1.82, 2.24) is 19.8 Å². The molecule has 0 aliphatic carbocycles. The van der Waals surface area contributed by atoms with Gasteiger partial charge < -0.3 is 14.4 Å². The monoisotopic (exact) mass is 373 g/mol. The Bertz CT molecular complexity index is 771. The van der Waals surface area contributed by atoms with Crippen LogP contribution in [0.3, 0.4) is 0 Å². The number of esters is 1. The van der Waals surface area contributed by atoms with Crippen LogP contribution in [0.5, 0.6) is 0 Å². The highest BCUT2D eigenvalue weighted by Gasteiger charge is 2.37. The molecule has 1 aliphatic heterocycles. The van der Waals surface area contributed by atoms with Crippen LogP contribution in [0.2, 0.25) is 0 Å². The molecule has 0 unspecified atom stereocenters. The van der Waals surface area contributed by atoms with Gasteiger partial charge in [-0.2, -0.15) is 17.7 Å². The first-order chi connectivity index (χ1) is 12.4. The van der Waals surface area contributed by atoms with Crippen LogP contribution in [0.1, 0.15) is 18.7 Å². The zero-order valence-electron chi connectivity index (χ0n) is 14.1. The van der Waals surface area contributed by atoms with Crippen molar-refractivity contribution in [3.8, 4) is 0 Å². The normalized spacial score (nSPS) is 16.2. The van der Waals surface area contributed by atoms with Crippen molar-refractivity contribution in [3.63, 3.8) is 0 Å². The van der Waals surface area contributed by atoms with E-state index in [2.05, 4.69) is 20.0 Å². The molecular formula is C15H18F3N5O3. The summed E-state index contributed by atoms with van der Waals surface area (Å²) in [7, 11) is 1.30. The fourth-order valence-corrected chi connectivity index (χ4v) is 2.82. The van der Waals surface area contributed by atoms with Crippen molar-refractivity contribution in [2.45, 2.75) is 19.0 Å². The molecule has 8 nitrogen and oxygen atoms in total. The maximum atomic E-state index is 13.0. The number of aromatic nitrogens is 4. The Morgan fingerprint density at radius 3 is 2.65 bits per heavy atom. The lowest BCUT2D eigenvalue weighted by atomic mass is 9.98. The van der Waals surface area contributed by atoms with Gasteiger partial charge in [-0.3, -0.25) is 0 Å². The predicted molar refractivity (Wildman–Crippen MR) is 83.6 cm³/mol. The van der Waals surface area contributed by atoms with Crippen molar-refractivity contribution >= 4 is 17.4 Å². The second kappa shape index (κ2) is 7.44. The standard InChI is InChI=1S/C15H18F3N5O3/c1-25-13(24)9-26-8-10-4-6-22(7-5-10)12-3-2-11-19-20-14(15(16,17)18)23(11)21-12/h2-3,10H,4-9H2,1H3. The molecule has 0 bridgehead atoms. The van der Waals surface area contributed by atoms with Gasteiger partial charge in [-0.15, -0.1) is 15.3 Å². The van der Waals surface area contributed by atoms with Crippen molar-refractivity contribution < 1.29 is 27.4 Å². The molecule has 0 aromatic carbocycles. The van der Waals surface area contributed by atoms with Crippen molar-refractivity contribution in [2.24, 2.45) is 5.92 Å². The fourth-order valence-electron chi connectivity index (χ4n) is 2.82. The minimum absolute atomic E-state index is 0.0483. The number of rotatable bonds is 5. The highest BCUT2D eigenvalue weighted by molar-refractivity contribution is 5.70. The second-order valence-corrected chi connectivity index (χ2v) is 6.00. The third kappa shape index (κ3) is 4.03. The number of alkyl halides is 3. The van der Waals surface area contributed by atoms with Gasteiger partial charge in [-0.25, -0.2) is 4.79 Å². The molecule has 0 amide bonds. The molecule has 26 heavy (non-hydrogen) atoms. The third-order valence-corrected chi connectivity index (χ3v) is 4.24. The van der Waals surface area contributed by atoms with Crippen molar-refractivity contribution in [1.29, 1.82) is 0 Å². The van der Waals surface area contributed by atoms with Gasteiger partial charge in [-0.1, -0.05) is 0 Å². The number of nitrogens with zero attached hydrogens (tertiary/aromatic N) is 5. The Morgan fingerprint density at radius 1 is 1.27 bits per heavy atom. The summed E-state index contributed by atoms with van der Waals surface area (Å²) in [6, 6.07) is 3.11. The molecule has 2 aromatic heterocycles. The Labute approximate surface area is 146 Å². The average molecular weight is 373 g/mol. The minimum atomic E-state index is -4.62. The molecule has 0 radical (unpaired) electrons. The van der Waals surface area contributed by atoms with Crippen LogP contribution in [0, 0.1) is 5.92 Å². The molecule has 1 aliphatic rings. The van der Waals surface area contributed by atoms with E-state index in [-0.39, 0.29) is 18.2 Å². The molecule has 2 aromatic rings. The minimum Gasteiger partial charge on any atom is -0.467 e. The van der Waals surface area contributed by atoms with Gasteiger partial charge in [0.15, 0.2) is 5.65 Å². The Kier molecular flexibility index (Phi) is 5.25. The van der Waals surface area contributed by atoms with E-state index in [1.165, 1.54) is 13.2 Å². The molecule has 0 atom stereocenters. The summed E-state index contributed by atoms with van der Waals surface area (Å²) < 4.78 is 49.4. The van der Waals surface area contributed by atoms with Gasteiger partial charge in [-0.05, 0) is 30.9 Å². The number of hydrogen-bond donors (Lipinski definition) is 0. The topological polar surface area (TPSA) is 81.9 Å². The molecule has 1 fully saturated rings.